The minimum Gasteiger partial charge on any atom is -0.496 e. The first-order valence-electron chi connectivity index (χ1n) is 8.65. The summed E-state index contributed by atoms with van der Waals surface area (Å²) < 4.78 is 27.0. The van der Waals surface area contributed by atoms with Crippen molar-refractivity contribution in [3.63, 3.8) is 0 Å². The third-order valence-corrected chi connectivity index (χ3v) is 3.52. The first kappa shape index (κ1) is 20.2. The van der Waals surface area contributed by atoms with Gasteiger partial charge in [-0.1, -0.05) is 0 Å². The highest BCUT2D eigenvalue weighted by molar-refractivity contribution is 5.92. The minimum atomic E-state index is -0.302. The number of hydrogen-bond acceptors (Lipinski definition) is 6. The molecule has 2 rings (SSSR count). The monoisotopic (exact) mass is 375 g/mol. The predicted octanol–water partition coefficient (Wildman–Crippen LogP) is 3.52. The van der Waals surface area contributed by atoms with Gasteiger partial charge in [-0.2, -0.15) is 0 Å². The summed E-state index contributed by atoms with van der Waals surface area (Å²) in [6.45, 7) is 4.66. The molecule has 7 nitrogen and oxygen atoms in total. The number of hydrogen-bond donors (Lipinski definition) is 1. The third-order valence-electron chi connectivity index (χ3n) is 3.52. The summed E-state index contributed by atoms with van der Waals surface area (Å²) in [7, 11) is 3.10. The molecule has 0 aliphatic heterocycles. The van der Waals surface area contributed by atoms with Gasteiger partial charge < -0.3 is 29.0 Å². The highest BCUT2D eigenvalue weighted by atomic mass is 16.5. The summed E-state index contributed by atoms with van der Waals surface area (Å²) >= 11 is 0. The van der Waals surface area contributed by atoms with E-state index in [0.29, 0.717) is 47.6 Å². The average Bonchev–Trinajstić information content (AvgIpc) is 2.68. The lowest BCUT2D eigenvalue weighted by Crippen LogP contribution is -2.20. The van der Waals surface area contributed by atoms with Gasteiger partial charge in [-0.3, -0.25) is 4.79 Å². The average molecular weight is 375 g/mol. The van der Waals surface area contributed by atoms with Crippen LogP contribution in [0.1, 0.15) is 13.8 Å². The van der Waals surface area contributed by atoms with Crippen LogP contribution in [-0.2, 0) is 4.79 Å². The van der Waals surface area contributed by atoms with Crippen LogP contribution < -0.4 is 29.0 Å². The number of methoxy groups -OCH3 is 2. The van der Waals surface area contributed by atoms with Crippen molar-refractivity contribution in [3.05, 3.63) is 36.4 Å². The number of anilines is 1. The molecule has 0 fully saturated rings. The van der Waals surface area contributed by atoms with Gasteiger partial charge in [0.1, 0.15) is 17.2 Å². The quantitative estimate of drug-likeness (QED) is 0.685. The Hall–Kier alpha value is -3.09. The van der Waals surface area contributed by atoms with E-state index in [1.807, 2.05) is 13.8 Å². The van der Waals surface area contributed by atoms with Crippen LogP contribution in [0, 0.1) is 0 Å². The SMILES string of the molecule is CCOc1ccc(NC(=O)COc2cc(OC)cc(OC)c2)cc1OCC. The Morgan fingerprint density at radius 1 is 0.815 bits per heavy atom. The molecule has 0 unspecified atom stereocenters. The molecule has 0 saturated carbocycles. The van der Waals surface area contributed by atoms with Crippen molar-refractivity contribution in [2.45, 2.75) is 13.8 Å². The van der Waals surface area contributed by atoms with Crippen molar-refractivity contribution in [2.24, 2.45) is 0 Å². The van der Waals surface area contributed by atoms with Crippen molar-refractivity contribution in [2.75, 3.05) is 39.4 Å². The maximum Gasteiger partial charge on any atom is 0.262 e. The summed E-state index contributed by atoms with van der Waals surface area (Å²) in [6, 6.07) is 10.3. The fourth-order valence-electron chi connectivity index (χ4n) is 2.34. The minimum absolute atomic E-state index is 0.159. The zero-order valence-corrected chi connectivity index (χ0v) is 16.0. The first-order valence-corrected chi connectivity index (χ1v) is 8.65. The molecule has 0 spiro atoms. The second-order valence-corrected chi connectivity index (χ2v) is 5.41. The standard InChI is InChI=1S/C20H25NO6/c1-5-25-18-8-7-14(9-19(18)26-6-2)21-20(22)13-27-17-11-15(23-3)10-16(12-17)24-4/h7-12H,5-6,13H2,1-4H3,(H,21,22). The Morgan fingerprint density at radius 3 is 2.00 bits per heavy atom. The van der Waals surface area contributed by atoms with Crippen molar-refractivity contribution >= 4 is 11.6 Å². The second kappa shape index (κ2) is 10.2. The molecule has 1 N–H and O–H groups in total. The largest absolute Gasteiger partial charge is 0.496 e. The van der Waals surface area contributed by atoms with Crippen molar-refractivity contribution in [1.82, 2.24) is 0 Å². The molecule has 146 valence electrons. The van der Waals surface area contributed by atoms with Gasteiger partial charge in [0.05, 0.1) is 27.4 Å². The van der Waals surface area contributed by atoms with Crippen molar-refractivity contribution < 1.29 is 28.5 Å². The smallest absolute Gasteiger partial charge is 0.262 e. The number of benzene rings is 2. The fraction of sp³-hybridized carbons (Fsp3) is 0.350. The normalized spacial score (nSPS) is 10.1. The summed E-state index contributed by atoms with van der Waals surface area (Å²) in [5.74, 6) is 2.55. The van der Waals surface area contributed by atoms with Gasteiger partial charge in [-0.25, -0.2) is 0 Å². The molecule has 2 aromatic carbocycles. The number of nitrogens with one attached hydrogen (secondary N) is 1. The Labute approximate surface area is 159 Å². The Kier molecular flexibility index (Phi) is 7.61. The van der Waals surface area contributed by atoms with Crippen LogP contribution in [-0.4, -0.2) is 39.9 Å². The number of carbonyl (C=O) groups is 1. The van der Waals surface area contributed by atoms with Crippen LogP contribution in [0.4, 0.5) is 5.69 Å². The Balaban J connectivity index is 2.00. The van der Waals surface area contributed by atoms with Crippen LogP contribution in [0.5, 0.6) is 28.7 Å². The van der Waals surface area contributed by atoms with Gasteiger partial charge in [-0.15, -0.1) is 0 Å². The molecule has 1 amide bonds. The molecule has 27 heavy (non-hydrogen) atoms. The van der Waals surface area contributed by atoms with E-state index >= 15 is 0 Å². The third kappa shape index (κ3) is 5.99. The maximum atomic E-state index is 12.2. The molecule has 0 atom stereocenters. The first-order chi connectivity index (χ1) is 13.1. The highest BCUT2D eigenvalue weighted by Gasteiger charge is 2.10. The molecule has 0 aromatic heterocycles. The molecule has 7 heteroatoms. The van der Waals surface area contributed by atoms with Crippen LogP contribution in [0.25, 0.3) is 0 Å². The number of rotatable bonds is 10. The summed E-state index contributed by atoms with van der Waals surface area (Å²) in [4.78, 5) is 12.2. The van der Waals surface area contributed by atoms with E-state index in [2.05, 4.69) is 5.32 Å². The van der Waals surface area contributed by atoms with E-state index in [1.165, 1.54) is 0 Å². The molecule has 0 saturated heterocycles. The van der Waals surface area contributed by atoms with E-state index in [4.69, 9.17) is 23.7 Å². The van der Waals surface area contributed by atoms with E-state index in [0.717, 1.165) is 0 Å². The van der Waals surface area contributed by atoms with Gasteiger partial charge in [0, 0.05) is 30.0 Å². The molecular weight excluding hydrogens is 350 g/mol. The van der Waals surface area contributed by atoms with Gasteiger partial charge >= 0.3 is 0 Å². The van der Waals surface area contributed by atoms with Crippen LogP contribution in [0.3, 0.4) is 0 Å². The molecule has 0 heterocycles. The van der Waals surface area contributed by atoms with Crippen molar-refractivity contribution in [1.29, 1.82) is 0 Å². The Morgan fingerprint density at radius 2 is 1.41 bits per heavy atom. The summed E-state index contributed by atoms with van der Waals surface area (Å²) in [6.07, 6.45) is 0. The lowest BCUT2D eigenvalue weighted by atomic mass is 10.2. The summed E-state index contributed by atoms with van der Waals surface area (Å²) in [5.41, 5.74) is 0.596. The van der Waals surface area contributed by atoms with E-state index in [9.17, 15) is 4.79 Å². The fourth-order valence-corrected chi connectivity index (χ4v) is 2.34. The maximum absolute atomic E-state index is 12.2. The van der Waals surface area contributed by atoms with Gasteiger partial charge in [0.15, 0.2) is 18.1 Å². The van der Waals surface area contributed by atoms with Crippen molar-refractivity contribution in [3.8, 4) is 28.7 Å². The lowest BCUT2D eigenvalue weighted by Gasteiger charge is -2.13. The Bertz CT molecular complexity index is 740. The van der Waals surface area contributed by atoms with E-state index < -0.39 is 0 Å². The molecular formula is C20H25NO6. The van der Waals surface area contributed by atoms with Crippen LogP contribution in [0.2, 0.25) is 0 Å². The molecule has 0 radical (unpaired) electrons. The van der Waals surface area contributed by atoms with E-state index in [-0.39, 0.29) is 12.5 Å². The summed E-state index contributed by atoms with van der Waals surface area (Å²) in [5, 5.41) is 2.78. The van der Waals surface area contributed by atoms with Gasteiger partial charge in [0.2, 0.25) is 0 Å². The zero-order chi connectivity index (χ0) is 19.6. The highest BCUT2D eigenvalue weighted by Crippen LogP contribution is 2.31. The second-order valence-electron chi connectivity index (χ2n) is 5.41. The van der Waals surface area contributed by atoms with Crippen LogP contribution in [0.15, 0.2) is 36.4 Å². The van der Waals surface area contributed by atoms with Crippen LogP contribution >= 0.6 is 0 Å². The van der Waals surface area contributed by atoms with Gasteiger partial charge in [0.25, 0.3) is 5.91 Å². The number of carbonyl (C=O) groups excluding carboxylic acids is 1. The van der Waals surface area contributed by atoms with E-state index in [1.54, 1.807) is 50.6 Å². The lowest BCUT2D eigenvalue weighted by molar-refractivity contribution is -0.118. The molecule has 2 aromatic rings. The number of ether oxygens (including phenoxy) is 5. The zero-order valence-electron chi connectivity index (χ0n) is 16.0. The number of amides is 1. The predicted molar refractivity (Wildman–Crippen MR) is 102 cm³/mol. The topological polar surface area (TPSA) is 75.3 Å². The molecule has 0 bridgehead atoms. The molecule has 0 aliphatic rings. The molecule has 0 aliphatic carbocycles. The van der Waals surface area contributed by atoms with Gasteiger partial charge in [-0.05, 0) is 26.0 Å².